The van der Waals surface area contributed by atoms with E-state index < -0.39 is 17.8 Å². The van der Waals surface area contributed by atoms with Crippen LogP contribution < -0.4 is 5.32 Å². The van der Waals surface area contributed by atoms with Gasteiger partial charge >= 0.3 is 5.97 Å². The minimum absolute atomic E-state index is 0.240. The van der Waals surface area contributed by atoms with Crippen molar-refractivity contribution in [2.24, 2.45) is 0 Å². The summed E-state index contributed by atoms with van der Waals surface area (Å²) in [7, 11) is 0. The highest BCUT2D eigenvalue weighted by molar-refractivity contribution is 5.67. The summed E-state index contributed by atoms with van der Waals surface area (Å²) >= 11 is 0. The highest BCUT2D eigenvalue weighted by Crippen LogP contribution is 2.10. The molecule has 0 aliphatic heterocycles. The Balaban J connectivity index is 4.09. The molecule has 0 aliphatic rings. The van der Waals surface area contributed by atoms with Crippen molar-refractivity contribution < 1.29 is 19.4 Å². The monoisotopic (exact) mass is 189 g/mol. The first-order chi connectivity index (χ1) is 5.85. The standard InChI is InChI=1S/C8H15NO4/c1-8(2,3)13-6(9-5-10)4-7(11)12/h5-6H,4H2,1-3H3,(H,9,10)(H,11,12). The molecule has 5 heteroatoms. The van der Waals surface area contributed by atoms with Crippen molar-refractivity contribution >= 4 is 12.4 Å². The molecule has 0 heterocycles. The van der Waals surface area contributed by atoms with E-state index in [2.05, 4.69) is 5.32 Å². The van der Waals surface area contributed by atoms with Gasteiger partial charge in [-0.2, -0.15) is 0 Å². The summed E-state index contributed by atoms with van der Waals surface area (Å²) in [5.41, 5.74) is -0.476. The van der Waals surface area contributed by atoms with Gasteiger partial charge < -0.3 is 15.2 Å². The molecule has 5 nitrogen and oxygen atoms in total. The summed E-state index contributed by atoms with van der Waals surface area (Å²) in [5, 5.41) is 10.8. The Kier molecular flexibility index (Phi) is 4.40. The van der Waals surface area contributed by atoms with Gasteiger partial charge in [0.15, 0.2) is 0 Å². The molecule has 13 heavy (non-hydrogen) atoms. The normalized spacial score (nSPS) is 13.5. The summed E-state index contributed by atoms with van der Waals surface area (Å²) < 4.78 is 5.27. The van der Waals surface area contributed by atoms with Crippen molar-refractivity contribution in [3.8, 4) is 0 Å². The molecule has 0 aromatic rings. The van der Waals surface area contributed by atoms with Crippen molar-refractivity contribution in [1.29, 1.82) is 0 Å². The lowest BCUT2D eigenvalue weighted by Crippen LogP contribution is -2.39. The minimum Gasteiger partial charge on any atom is -0.481 e. The fourth-order valence-corrected chi connectivity index (χ4v) is 0.796. The van der Waals surface area contributed by atoms with E-state index in [0.717, 1.165) is 0 Å². The first-order valence-electron chi connectivity index (χ1n) is 3.94. The van der Waals surface area contributed by atoms with Crippen LogP contribution in [0.15, 0.2) is 0 Å². The van der Waals surface area contributed by atoms with E-state index in [1.165, 1.54) is 0 Å². The Bertz CT molecular complexity index is 185. The third kappa shape index (κ3) is 7.27. The number of hydrogen-bond acceptors (Lipinski definition) is 3. The zero-order chi connectivity index (χ0) is 10.5. The molecule has 2 N–H and O–H groups in total. The molecule has 1 amide bonds. The topological polar surface area (TPSA) is 75.6 Å². The molecule has 76 valence electrons. The van der Waals surface area contributed by atoms with Gasteiger partial charge in [0.2, 0.25) is 6.41 Å². The number of amides is 1. The highest BCUT2D eigenvalue weighted by atomic mass is 16.5. The number of carboxylic acids is 1. The van der Waals surface area contributed by atoms with Crippen LogP contribution in [0, 0.1) is 0 Å². The predicted octanol–water partition coefficient (Wildman–Crippen LogP) is 0.348. The van der Waals surface area contributed by atoms with Crippen molar-refractivity contribution in [3.63, 3.8) is 0 Å². The van der Waals surface area contributed by atoms with Crippen LogP contribution in [0.3, 0.4) is 0 Å². The fraction of sp³-hybridized carbons (Fsp3) is 0.750. The van der Waals surface area contributed by atoms with Crippen LogP contribution in [-0.2, 0) is 14.3 Å². The van der Waals surface area contributed by atoms with Gasteiger partial charge in [0, 0.05) is 0 Å². The maximum Gasteiger partial charge on any atom is 0.307 e. The van der Waals surface area contributed by atoms with Crippen LogP contribution in [0.4, 0.5) is 0 Å². The molecular formula is C8H15NO4. The van der Waals surface area contributed by atoms with Crippen molar-refractivity contribution in [3.05, 3.63) is 0 Å². The Hall–Kier alpha value is -1.10. The Labute approximate surface area is 77.1 Å². The van der Waals surface area contributed by atoms with Gasteiger partial charge in [0.1, 0.15) is 6.23 Å². The number of rotatable bonds is 5. The number of ether oxygens (including phenoxy) is 1. The predicted molar refractivity (Wildman–Crippen MR) is 46.1 cm³/mol. The number of hydrogen-bond donors (Lipinski definition) is 2. The van der Waals surface area contributed by atoms with Gasteiger partial charge in [-0.1, -0.05) is 0 Å². The lowest BCUT2D eigenvalue weighted by molar-refractivity contribution is -0.145. The smallest absolute Gasteiger partial charge is 0.307 e. The Morgan fingerprint density at radius 2 is 2.15 bits per heavy atom. The van der Waals surface area contributed by atoms with Crippen LogP contribution in [-0.4, -0.2) is 29.3 Å². The lowest BCUT2D eigenvalue weighted by atomic mass is 10.2. The zero-order valence-electron chi connectivity index (χ0n) is 8.03. The number of nitrogens with one attached hydrogen (secondary N) is 1. The molecule has 0 saturated heterocycles. The molecule has 0 rings (SSSR count). The number of carbonyl (C=O) groups excluding carboxylic acids is 1. The van der Waals surface area contributed by atoms with Crippen LogP contribution in [0.5, 0.6) is 0 Å². The minimum atomic E-state index is -1.01. The third-order valence-electron chi connectivity index (χ3n) is 1.11. The molecular weight excluding hydrogens is 174 g/mol. The molecule has 0 saturated carbocycles. The first-order valence-corrected chi connectivity index (χ1v) is 3.94. The maximum atomic E-state index is 10.3. The van der Waals surface area contributed by atoms with E-state index >= 15 is 0 Å². The molecule has 0 aromatic carbocycles. The van der Waals surface area contributed by atoms with Gasteiger partial charge in [0.25, 0.3) is 0 Å². The van der Waals surface area contributed by atoms with E-state index in [1.807, 2.05) is 0 Å². The van der Waals surface area contributed by atoms with Crippen molar-refractivity contribution in [2.75, 3.05) is 0 Å². The number of carboxylic acid groups (broad SMARTS) is 1. The average molecular weight is 189 g/mol. The highest BCUT2D eigenvalue weighted by Gasteiger charge is 2.20. The maximum absolute atomic E-state index is 10.3. The van der Waals surface area contributed by atoms with E-state index in [9.17, 15) is 9.59 Å². The SMILES string of the molecule is CC(C)(C)OC(CC(=O)O)NC=O. The van der Waals surface area contributed by atoms with Crippen LogP contribution in [0.2, 0.25) is 0 Å². The largest absolute Gasteiger partial charge is 0.481 e. The van der Waals surface area contributed by atoms with Gasteiger partial charge in [0.05, 0.1) is 12.0 Å². The molecule has 0 fully saturated rings. The van der Waals surface area contributed by atoms with Crippen LogP contribution in [0.25, 0.3) is 0 Å². The second-order valence-electron chi connectivity index (χ2n) is 3.60. The molecule has 0 radical (unpaired) electrons. The third-order valence-corrected chi connectivity index (χ3v) is 1.11. The molecule has 0 spiro atoms. The number of aliphatic carboxylic acids is 1. The van der Waals surface area contributed by atoms with Crippen LogP contribution >= 0.6 is 0 Å². The van der Waals surface area contributed by atoms with E-state index in [-0.39, 0.29) is 6.42 Å². The molecule has 1 unspecified atom stereocenters. The fourth-order valence-electron chi connectivity index (χ4n) is 0.796. The quantitative estimate of drug-likeness (QED) is 0.483. The van der Waals surface area contributed by atoms with Gasteiger partial charge in [-0.05, 0) is 20.8 Å². The average Bonchev–Trinajstić information content (AvgIpc) is 1.81. The van der Waals surface area contributed by atoms with Gasteiger partial charge in [-0.15, -0.1) is 0 Å². The lowest BCUT2D eigenvalue weighted by Gasteiger charge is -2.25. The Morgan fingerprint density at radius 3 is 2.46 bits per heavy atom. The summed E-state index contributed by atoms with van der Waals surface area (Å²) in [6.07, 6.45) is -0.579. The molecule has 0 aliphatic carbocycles. The van der Waals surface area contributed by atoms with Gasteiger partial charge in [-0.3, -0.25) is 9.59 Å². The second kappa shape index (κ2) is 4.81. The summed E-state index contributed by atoms with van der Waals surface area (Å²) in [6.45, 7) is 5.36. The van der Waals surface area contributed by atoms with Gasteiger partial charge in [-0.25, -0.2) is 0 Å². The van der Waals surface area contributed by atoms with Crippen molar-refractivity contribution in [2.45, 2.75) is 39.0 Å². The zero-order valence-corrected chi connectivity index (χ0v) is 8.03. The second-order valence-corrected chi connectivity index (χ2v) is 3.60. The van der Waals surface area contributed by atoms with Crippen molar-refractivity contribution in [1.82, 2.24) is 5.32 Å². The molecule has 0 aromatic heterocycles. The number of carbonyl (C=O) groups is 2. The molecule has 0 bridgehead atoms. The molecule has 1 atom stereocenters. The van der Waals surface area contributed by atoms with E-state index in [4.69, 9.17) is 9.84 Å². The first kappa shape index (κ1) is 11.9. The van der Waals surface area contributed by atoms with Crippen LogP contribution in [0.1, 0.15) is 27.2 Å². The summed E-state index contributed by atoms with van der Waals surface area (Å²) in [5.74, 6) is -1.01. The Morgan fingerprint density at radius 1 is 1.62 bits per heavy atom. The van der Waals surface area contributed by atoms with E-state index in [1.54, 1.807) is 20.8 Å². The summed E-state index contributed by atoms with van der Waals surface area (Å²) in [4.78, 5) is 20.4. The van der Waals surface area contributed by atoms with E-state index in [0.29, 0.717) is 6.41 Å². The summed E-state index contributed by atoms with van der Waals surface area (Å²) in [6, 6.07) is 0.